The summed E-state index contributed by atoms with van der Waals surface area (Å²) in [4.78, 5) is 16.6. The molecule has 0 unspecified atom stereocenters. The second kappa shape index (κ2) is 8.08. The zero-order valence-electron chi connectivity index (χ0n) is 13.8. The Bertz CT molecular complexity index is 893. The van der Waals surface area contributed by atoms with Crippen LogP contribution in [0.1, 0.15) is 10.4 Å². The Morgan fingerprint density at radius 3 is 2.23 bits per heavy atom. The van der Waals surface area contributed by atoms with Gasteiger partial charge in [0.05, 0.1) is 12.7 Å². The Labute approximate surface area is 160 Å². The number of aromatic nitrogens is 1. The summed E-state index contributed by atoms with van der Waals surface area (Å²) < 4.78 is 5.12. The van der Waals surface area contributed by atoms with Crippen LogP contribution in [0, 0.1) is 0 Å². The van der Waals surface area contributed by atoms with Crippen molar-refractivity contribution in [2.24, 2.45) is 0 Å². The molecule has 132 valence electrons. The van der Waals surface area contributed by atoms with Gasteiger partial charge < -0.3 is 15.4 Å². The third-order valence-electron chi connectivity index (χ3n) is 3.51. The fourth-order valence-corrected chi connectivity index (χ4v) is 2.78. The summed E-state index contributed by atoms with van der Waals surface area (Å²) in [5, 5.41) is 6.79. The fourth-order valence-electron chi connectivity index (χ4n) is 2.25. The van der Waals surface area contributed by atoms with Crippen molar-refractivity contribution in [1.29, 1.82) is 0 Å². The van der Waals surface area contributed by atoms with E-state index in [2.05, 4.69) is 15.6 Å². The summed E-state index contributed by atoms with van der Waals surface area (Å²) in [6, 6.07) is 15.7. The summed E-state index contributed by atoms with van der Waals surface area (Å²) in [7, 11) is 1.62. The molecule has 0 saturated heterocycles. The molecule has 0 fully saturated rings. The van der Waals surface area contributed by atoms with E-state index in [1.165, 1.54) is 6.20 Å². The Balaban J connectivity index is 1.67. The highest BCUT2D eigenvalue weighted by molar-refractivity contribution is 6.35. The van der Waals surface area contributed by atoms with Crippen molar-refractivity contribution >= 4 is 46.3 Å². The molecular formula is C19H15Cl2N3O2. The van der Waals surface area contributed by atoms with Gasteiger partial charge in [0.15, 0.2) is 0 Å². The van der Waals surface area contributed by atoms with Crippen LogP contribution in [-0.4, -0.2) is 18.0 Å². The molecule has 2 aromatic carbocycles. The topological polar surface area (TPSA) is 63.2 Å². The maximum Gasteiger partial charge on any atom is 0.257 e. The minimum atomic E-state index is -0.299. The van der Waals surface area contributed by atoms with E-state index in [1.54, 1.807) is 37.4 Å². The maximum absolute atomic E-state index is 12.3. The molecule has 2 N–H and O–H groups in total. The van der Waals surface area contributed by atoms with E-state index in [0.717, 1.165) is 11.4 Å². The SMILES string of the molecule is COc1ccc(Nc2ccc(C(=O)Nc3cc(Cl)cc(Cl)c3)cn2)cc1. The molecule has 5 nitrogen and oxygen atoms in total. The van der Waals surface area contributed by atoms with E-state index < -0.39 is 0 Å². The first-order valence-corrected chi connectivity index (χ1v) is 8.43. The van der Waals surface area contributed by atoms with Crippen LogP contribution in [0.5, 0.6) is 5.75 Å². The summed E-state index contributed by atoms with van der Waals surface area (Å²) in [5.74, 6) is 1.10. The lowest BCUT2D eigenvalue weighted by molar-refractivity contribution is 0.102. The van der Waals surface area contributed by atoms with Gasteiger partial charge in [-0.3, -0.25) is 4.79 Å². The van der Waals surface area contributed by atoms with Crippen LogP contribution in [0.4, 0.5) is 17.2 Å². The molecule has 0 aliphatic heterocycles. The first-order valence-electron chi connectivity index (χ1n) is 7.68. The summed E-state index contributed by atoms with van der Waals surface area (Å²) >= 11 is 11.9. The largest absolute Gasteiger partial charge is 0.497 e. The summed E-state index contributed by atoms with van der Waals surface area (Å²) in [5.41, 5.74) is 1.80. The van der Waals surface area contributed by atoms with Gasteiger partial charge in [-0.15, -0.1) is 0 Å². The quantitative estimate of drug-likeness (QED) is 0.615. The highest BCUT2D eigenvalue weighted by atomic mass is 35.5. The summed E-state index contributed by atoms with van der Waals surface area (Å²) in [6.07, 6.45) is 1.49. The molecule has 26 heavy (non-hydrogen) atoms. The number of hydrogen-bond donors (Lipinski definition) is 2. The van der Waals surface area contributed by atoms with Crippen molar-refractivity contribution in [3.8, 4) is 5.75 Å². The van der Waals surface area contributed by atoms with Crippen molar-refractivity contribution in [2.45, 2.75) is 0 Å². The molecular weight excluding hydrogens is 373 g/mol. The van der Waals surface area contributed by atoms with Gasteiger partial charge in [0, 0.05) is 27.6 Å². The number of halogens is 2. The predicted octanol–water partition coefficient (Wildman–Crippen LogP) is 5.39. The number of carbonyl (C=O) groups is 1. The molecule has 0 bridgehead atoms. The van der Waals surface area contributed by atoms with Crippen LogP contribution in [0.15, 0.2) is 60.8 Å². The van der Waals surface area contributed by atoms with Gasteiger partial charge >= 0.3 is 0 Å². The standard InChI is InChI=1S/C19H15Cl2N3O2/c1-26-17-5-3-15(4-6-17)23-18-7-2-12(11-22-18)19(25)24-16-9-13(20)8-14(21)10-16/h2-11H,1H3,(H,22,23)(H,24,25). The van der Waals surface area contributed by atoms with Crippen LogP contribution in [0.25, 0.3) is 0 Å². The van der Waals surface area contributed by atoms with Crippen molar-refractivity contribution in [3.05, 3.63) is 76.4 Å². The number of ether oxygens (including phenoxy) is 1. The van der Waals surface area contributed by atoms with Crippen molar-refractivity contribution in [3.63, 3.8) is 0 Å². The predicted molar refractivity (Wildman–Crippen MR) is 105 cm³/mol. The molecule has 1 amide bonds. The highest BCUT2D eigenvalue weighted by Crippen LogP contribution is 2.23. The average Bonchev–Trinajstić information content (AvgIpc) is 2.62. The first-order chi connectivity index (χ1) is 12.5. The van der Waals surface area contributed by atoms with E-state index in [-0.39, 0.29) is 5.91 Å². The number of nitrogens with one attached hydrogen (secondary N) is 2. The van der Waals surface area contributed by atoms with E-state index in [1.807, 2.05) is 24.3 Å². The molecule has 1 aromatic heterocycles. The normalized spacial score (nSPS) is 10.3. The van der Waals surface area contributed by atoms with Gasteiger partial charge in [-0.2, -0.15) is 0 Å². The molecule has 7 heteroatoms. The van der Waals surface area contributed by atoms with Crippen LogP contribution in [0.2, 0.25) is 10.0 Å². The van der Waals surface area contributed by atoms with E-state index in [0.29, 0.717) is 27.1 Å². The van der Waals surface area contributed by atoms with E-state index >= 15 is 0 Å². The number of methoxy groups -OCH3 is 1. The van der Waals surface area contributed by atoms with Crippen molar-refractivity contribution in [1.82, 2.24) is 4.98 Å². The van der Waals surface area contributed by atoms with Crippen LogP contribution in [0.3, 0.4) is 0 Å². The zero-order valence-corrected chi connectivity index (χ0v) is 15.3. The van der Waals surface area contributed by atoms with Gasteiger partial charge in [-0.1, -0.05) is 23.2 Å². The van der Waals surface area contributed by atoms with Crippen molar-refractivity contribution < 1.29 is 9.53 Å². The molecule has 0 aliphatic carbocycles. The third-order valence-corrected chi connectivity index (χ3v) is 3.94. The second-order valence-corrected chi connectivity index (χ2v) is 6.27. The van der Waals surface area contributed by atoms with E-state index in [9.17, 15) is 4.79 Å². The Morgan fingerprint density at radius 1 is 0.962 bits per heavy atom. The van der Waals surface area contributed by atoms with Gasteiger partial charge in [0.2, 0.25) is 0 Å². The molecule has 1 heterocycles. The smallest absolute Gasteiger partial charge is 0.257 e. The molecule has 3 rings (SSSR count). The van der Waals surface area contributed by atoms with Crippen LogP contribution in [-0.2, 0) is 0 Å². The van der Waals surface area contributed by atoms with Crippen molar-refractivity contribution in [2.75, 3.05) is 17.7 Å². The second-order valence-electron chi connectivity index (χ2n) is 5.40. The minimum absolute atomic E-state index is 0.299. The average molecular weight is 388 g/mol. The number of anilines is 3. The van der Waals surface area contributed by atoms with Gasteiger partial charge in [-0.05, 0) is 54.6 Å². The Kier molecular flexibility index (Phi) is 5.61. The monoisotopic (exact) mass is 387 g/mol. The van der Waals surface area contributed by atoms with Gasteiger partial charge in [-0.25, -0.2) is 4.98 Å². The lowest BCUT2D eigenvalue weighted by Gasteiger charge is -2.09. The van der Waals surface area contributed by atoms with Gasteiger partial charge in [0.1, 0.15) is 11.6 Å². The molecule has 0 saturated carbocycles. The summed E-state index contributed by atoms with van der Waals surface area (Å²) in [6.45, 7) is 0. The molecule has 0 atom stereocenters. The Hall–Kier alpha value is -2.76. The van der Waals surface area contributed by atoms with Crippen LogP contribution < -0.4 is 15.4 Å². The molecule has 0 aliphatic rings. The molecule has 0 radical (unpaired) electrons. The van der Waals surface area contributed by atoms with Gasteiger partial charge in [0.25, 0.3) is 5.91 Å². The Morgan fingerprint density at radius 2 is 1.65 bits per heavy atom. The number of nitrogens with zero attached hydrogens (tertiary/aromatic N) is 1. The maximum atomic E-state index is 12.3. The third kappa shape index (κ3) is 4.65. The lowest BCUT2D eigenvalue weighted by Crippen LogP contribution is -2.12. The molecule has 0 spiro atoms. The highest BCUT2D eigenvalue weighted by Gasteiger charge is 2.08. The van der Waals surface area contributed by atoms with Crippen LogP contribution >= 0.6 is 23.2 Å². The number of pyridine rings is 1. The lowest BCUT2D eigenvalue weighted by atomic mass is 10.2. The zero-order chi connectivity index (χ0) is 18.5. The fraction of sp³-hybridized carbons (Fsp3) is 0.0526. The number of benzene rings is 2. The molecule has 3 aromatic rings. The van der Waals surface area contributed by atoms with E-state index in [4.69, 9.17) is 27.9 Å². The number of amides is 1. The minimum Gasteiger partial charge on any atom is -0.497 e. The first kappa shape index (κ1) is 18.0. The number of carbonyl (C=O) groups excluding carboxylic acids is 1. The number of rotatable bonds is 5. The number of hydrogen-bond acceptors (Lipinski definition) is 4.